The van der Waals surface area contributed by atoms with Gasteiger partial charge in [0.1, 0.15) is 0 Å². The van der Waals surface area contributed by atoms with Crippen LogP contribution in [-0.2, 0) is 0 Å². The molecule has 3 nitrogen and oxygen atoms in total. The molecule has 0 aliphatic carbocycles. The SMILES string of the molecule is C[C@H](O)CN1CCC(N2CCCCC2)CC1. The highest BCUT2D eigenvalue weighted by Crippen LogP contribution is 2.20. The average molecular weight is 226 g/mol. The van der Waals surface area contributed by atoms with Gasteiger partial charge in [-0.3, -0.25) is 0 Å². The number of rotatable bonds is 3. The first-order valence-corrected chi connectivity index (χ1v) is 6.90. The fourth-order valence-electron chi connectivity index (χ4n) is 3.12. The summed E-state index contributed by atoms with van der Waals surface area (Å²) in [7, 11) is 0. The molecule has 94 valence electrons. The molecule has 0 bridgehead atoms. The molecule has 0 aromatic carbocycles. The molecule has 1 atom stereocenters. The molecule has 0 saturated carbocycles. The van der Waals surface area contributed by atoms with E-state index in [0.717, 1.165) is 12.6 Å². The van der Waals surface area contributed by atoms with E-state index in [2.05, 4.69) is 9.80 Å². The Hall–Kier alpha value is -0.120. The summed E-state index contributed by atoms with van der Waals surface area (Å²) in [5.74, 6) is 0. The van der Waals surface area contributed by atoms with E-state index in [4.69, 9.17) is 0 Å². The molecule has 16 heavy (non-hydrogen) atoms. The summed E-state index contributed by atoms with van der Waals surface area (Å²) >= 11 is 0. The Morgan fingerprint density at radius 1 is 1.06 bits per heavy atom. The fourth-order valence-corrected chi connectivity index (χ4v) is 3.12. The van der Waals surface area contributed by atoms with Crippen LogP contribution in [0.5, 0.6) is 0 Å². The van der Waals surface area contributed by atoms with Gasteiger partial charge in [0, 0.05) is 12.6 Å². The molecule has 0 aromatic rings. The average Bonchev–Trinajstić information content (AvgIpc) is 2.30. The van der Waals surface area contributed by atoms with Crippen molar-refractivity contribution in [3.63, 3.8) is 0 Å². The molecule has 2 aliphatic heterocycles. The van der Waals surface area contributed by atoms with Gasteiger partial charge in [0.2, 0.25) is 0 Å². The molecule has 0 aromatic heterocycles. The van der Waals surface area contributed by atoms with Gasteiger partial charge in [-0.15, -0.1) is 0 Å². The largest absolute Gasteiger partial charge is 0.392 e. The first kappa shape index (κ1) is 12.3. The van der Waals surface area contributed by atoms with E-state index < -0.39 is 0 Å². The fraction of sp³-hybridized carbons (Fsp3) is 1.00. The van der Waals surface area contributed by atoms with Crippen LogP contribution in [0.2, 0.25) is 0 Å². The minimum absolute atomic E-state index is 0.175. The van der Waals surface area contributed by atoms with Gasteiger partial charge < -0.3 is 14.9 Å². The number of hydrogen-bond donors (Lipinski definition) is 1. The molecule has 3 heteroatoms. The van der Waals surface area contributed by atoms with Crippen LogP contribution in [0.3, 0.4) is 0 Å². The first-order valence-electron chi connectivity index (χ1n) is 6.90. The van der Waals surface area contributed by atoms with E-state index in [9.17, 15) is 5.11 Å². The van der Waals surface area contributed by atoms with Gasteiger partial charge in [-0.25, -0.2) is 0 Å². The maximum Gasteiger partial charge on any atom is 0.0639 e. The summed E-state index contributed by atoms with van der Waals surface area (Å²) in [6, 6.07) is 0.825. The number of likely N-dealkylation sites (tertiary alicyclic amines) is 2. The third kappa shape index (κ3) is 3.44. The second-order valence-corrected chi connectivity index (χ2v) is 5.48. The third-order valence-electron chi connectivity index (χ3n) is 3.99. The Labute approximate surface area is 99.4 Å². The molecule has 0 spiro atoms. The van der Waals surface area contributed by atoms with E-state index in [-0.39, 0.29) is 6.10 Å². The molecule has 2 rings (SSSR count). The second kappa shape index (κ2) is 5.99. The van der Waals surface area contributed by atoms with E-state index in [1.165, 1.54) is 58.3 Å². The second-order valence-electron chi connectivity index (χ2n) is 5.48. The molecule has 0 amide bonds. The molecule has 1 N–H and O–H groups in total. The van der Waals surface area contributed by atoms with Crippen molar-refractivity contribution < 1.29 is 5.11 Å². The van der Waals surface area contributed by atoms with Crippen LogP contribution in [-0.4, -0.2) is 59.8 Å². The van der Waals surface area contributed by atoms with Crippen LogP contribution >= 0.6 is 0 Å². The lowest BCUT2D eigenvalue weighted by molar-refractivity contribution is 0.0657. The molecule has 2 saturated heterocycles. The van der Waals surface area contributed by atoms with Crippen LogP contribution in [0.15, 0.2) is 0 Å². The predicted octanol–water partition coefficient (Wildman–Crippen LogP) is 1.32. The van der Waals surface area contributed by atoms with E-state index in [0.29, 0.717) is 0 Å². The Balaban J connectivity index is 1.71. The maximum atomic E-state index is 9.37. The summed E-state index contributed by atoms with van der Waals surface area (Å²) in [6.07, 6.45) is 6.64. The Morgan fingerprint density at radius 3 is 2.25 bits per heavy atom. The van der Waals surface area contributed by atoms with Crippen molar-refractivity contribution in [1.82, 2.24) is 9.80 Å². The van der Waals surface area contributed by atoms with Crippen molar-refractivity contribution >= 4 is 0 Å². The zero-order chi connectivity index (χ0) is 11.4. The Bertz CT molecular complexity index is 194. The Kier molecular flexibility index (Phi) is 4.62. The van der Waals surface area contributed by atoms with Crippen molar-refractivity contribution in [3.8, 4) is 0 Å². The Morgan fingerprint density at radius 2 is 1.69 bits per heavy atom. The molecule has 0 unspecified atom stereocenters. The van der Waals surface area contributed by atoms with Crippen molar-refractivity contribution in [1.29, 1.82) is 0 Å². The zero-order valence-corrected chi connectivity index (χ0v) is 10.6. The van der Waals surface area contributed by atoms with Crippen LogP contribution in [0.25, 0.3) is 0 Å². The molecule has 2 heterocycles. The third-order valence-corrected chi connectivity index (χ3v) is 3.99. The van der Waals surface area contributed by atoms with Gasteiger partial charge in [-0.05, 0) is 58.8 Å². The molecule has 0 radical (unpaired) electrons. The number of nitrogens with zero attached hydrogens (tertiary/aromatic N) is 2. The van der Waals surface area contributed by atoms with Crippen molar-refractivity contribution in [3.05, 3.63) is 0 Å². The van der Waals surface area contributed by atoms with Gasteiger partial charge >= 0.3 is 0 Å². The summed E-state index contributed by atoms with van der Waals surface area (Å²) in [5, 5.41) is 9.37. The number of aliphatic hydroxyl groups excluding tert-OH is 1. The highest BCUT2D eigenvalue weighted by molar-refractivity contribution is 4.81. The summed E-state index contributed by atoms with van der Waals surface area (Å²) in [4.78, 5) is 5.11. The number of hydrogen-bond acceptors (Lipinski definition) is 3. The summed E-state index contributed by atoms with van der Waals surface area (Å²) < 4.78 is 0. The van der Waals surface area contributed by atoms with Crippen molar-refractivity contribution in [2.45, 2.75) is 51.2 Å². The summed E-state index contributed by atoms with van der Waals surface area (Å²) in [6.45, 7) is 7.73. The summed E-state index contributed by atoms with van der Waals surface area (Å²) in [5.41, 5.74) is 0. The number of β-amino-alcohol motifs (C(OH)–C–C–N with tert-alkyl or cyclic N) is 1. The molecule has 2 fully saturated rings. The topological polar surface area (TPSA) is 26.7 Å². The maximum absolute atomic E-state index is 9.37. The predicted molar refractivity (Wildman–Crippen MR) is 66.6 cm³/mol. The quantitative estimate of drug-likeness (QED) is 0.786. The number of piperidine rings is 2. The zero-order valence-electron chi connectivity index (χ0n) is 10.6. The van der Waals surface area contributed by atoms with Crippen molar-refractivity contribution in [2.75, 3.05) is 32.7 Å². The minimum Gasteiger partial charge on any atom is -0.392 e. The van der Waals surface area contributed by atoms with E-state index in [1.807, 2.05) is 6.92 Å². The van der Waals surface area contributed by atoms with E-state index >= 15 is 0 Å². The molecule has 2 aliphatic rings. The van der Waals surface area contributed by atoms with Gasteiger partial charge in [0.15, 0.2) is 0 Å². The monoisotopic (exact) mass is 226 g/mol. The highest BCUT2D eigenvalue weighted by Gasteiger charge is 2.25. The lowest BCUT2D eigenvalue weighted by Crippen LogP contribution is -2.47. The van der Waals surface area contributed by atoms with Gasteiger partial charge in [-0.1, -0.05) is 6.42 Å². The van der Waals surface area contributed by atoms with Crippen LogP contribution < -0.4 is 0 Å². The lowest BCUT2D eigenvalue weighted by Gasteiger charge is -2.40. The van der Waals surface area contributed by atoms with Gasteiger partial charge in [-0.2, -0.15) is 0 Å². The van der Waals surface area contributed by atoms with Crippen LogP contribution in [0, 0.1) is 0 Å². The standard InChI is InChI=1S/C13H26N2O/c1-12(16)11-14-9-5-13(6-10-14)15-7-3-2-4-8-15/h12-13,16H,2-11H2,1H3/t12-/m0/s1. The number of aliphatic hydroxyl groups is 1. The molecular formula is C13H26N2O. The smallest absolute Gasteiger partial charge is 0.0639 e. The minimum atomic E-state index is -0.175. The lowest BCUT2D eigenvalue weighted by atomic mass is 10.00. The van der Waals surface area contributed by atoms with Crippen LogP contribution in [0.4, 0.5) is 0 Å². The van der Waals surface area contributed by atoms with Gasteiger partial charge in [0.25, 0.3) is 0 Å². The normalized spacial score (nSPS) is 28.1. The highest BCUT2D eigenvalue weighted by atomic mass is 16.3. The van der Waals surface area contributed by atoms with E-state index in [1.54, 1.807) is 0 Å². The van der Waals surface area contributed by atoms with Gasteiger partial charge in [0.05, 0.1) is 6.10 Å². The van der Waals surface area contributed by atoms with Crippen LogP contribution in [0.1, 0.15) is 39.0 Å². The molecular weight excluding hydrogens is 200 g/mol. The van der Waals surface area contributed by atoms with Crippen molar-refractivity contribution in [2.24, 2.45) is 0 Å². The first-order chi connectivity index (χ1) is 7.75.